The minimum Gasteiger partial charge on any atom is -0.498 e. The number of carbonyl (C=O) groups excluding carboxylic acids is 1. The highest BCUT2D eigenvalue weighted by atomic mass is 16.6. The van der Waals surface area contributed by atoms with Crippen molar-refractivity contribution in [3.63, 3.8) is 0 Å². The third-order valence-electron chi connectivity index (χ3n) is 0.805. The normalized spacial score (nSPS) is 7.91. The van der Waals surface area contributed by atoms with Gasteiger partial charge in [-0.05, 0) is 0 Å². The van der Waals surface area contributed by atoms with Gasteiger partial charge in [-0.3, -0.25) is 4.79 Å². The average molecular weight is 155 g/mol. The summed E-state index contributed by atoms with van der Waals surface area (Å²) in [7, 11) is 0. The van der Waals surface area contributed by atoms with Crippen LogP contribution in [0.3, 0.4) is 0 Å². The summed E-state index contributed by atoms with van der Waals surface area (Å²) in [6.45, 7) is 3.74. The summed E-state index contributed by atoms with van der Waals surface area (Å²) >= 11 is 0. The Hall–Kier alpha value is -1.50. The Morgan fingerprint density at radius 2 is 2.36 bits per heavy atom. The summed E-state index contributed by atoms with van der Waals surface area (Å²) in [6.07, 6.45) is 1.05. The molecule has 0 amide bonds. The Kier molecular flexibility index (Phi) is 5.72. The van der Waals surface area contributed by atoms with Crippen LogP contribution >= 0.6 is 0 Å². The van der Waals surface area contributed by atoms with Crippen LogP contribution in [0.4, 0.5) is 0 Å². The van der Waals surface area contributed by atoms with Crippen LogP contribution in [0.15, 0.2) is 12.8 Å². The van der Waals surface area contributed by atoms with E-state index in [1.54, 1.807) is 6.07 Å². The second kappa shape index (κ2) is 6.62. The molecular weight excluding hydrogens is 146 g/mol. The Morgan fingerprint density at radius 1 is 1.64 bits per heavy atom. The Morgan fingerprint density at radius 3 is 2.91 bits per heavy atom. The van der Waals surface area contributed by atoms with E-state index in [9.17, 15) is 4.79 Å². The summed E-state index contributed by atoms with van der Waals surface area (Å²) in [5.74, 6) is -0.528. The van der Waals surface area contributed by atoms with Gasteiger partial charge in [0.1, 0.15) is 19.6 Å². The average Bonchev–Trinajstić information content (AvgIpc) is 1.99. The molecule has 0 aromatic carbocycles. The highest BCUT2D eigenvalue weighted by molar-refractivity contribution is 5.71. The van der Waals surface area contributed by atoms with Crippen LogP contribution in [0, 0.1) is 11.3 Å². The molecule has 4 nitrogen and oxygen atoms in total. The van der Waals surface area contributed by atoms with Crippen LogP contribution in [0.2, 0.25) is 0 Å². The molecule has 0 saturated heterocycles. The quantitative estimate of drug-likeness (QED) is 0.331. The molecule has 0 aliphatic carbocycles. The molecule has 0 bridgehead atoms. The first-order chi connectivity index (χ1) is 5.31. The lowest BCUT2D eigenvalue weighted by molar-refractivity contribution is -0.143. The maximum atomic E-state index is 10.5. The first-order valence-electron chi connectivity index (χ1n) is 3.06. The van der Waals surface area contributed by atoms with Crippen LogP contribution in [-0.2, 0) is 14.3 Å². The highest BCUT2D eigenvalue weighted by Crippen LogP contribution is 1.84. The zero-order chi connectivity index (χ0) is 8.53. The van der Waals surface area contributed by atoms with Crippen molar-refractivity contribution >= 4 is 5.97 Å². The van der Waals surface area contributed by atoms with Gasteiger partial charge in [0.25, 0.3) is 0 Å². The van der Waals surface area contributed by atoms with E-state index in [0.29, 0.717) is 0 Å². The van der Waals surface area contributed by atoms with Crippen molar-refractivity contribution in [2.24, 2.45) is 0 Å². The van der Waals surface area contributed by atoms with Crippen LogP contribution in [-0.4, -0.2) is 19.2 Å². The van der Waals surface area contributed by atoms with E-state index in [-0.39, 0.29) is 19.6 Å². The molecule has 60 valence electrons. The number of nitriles is 1. The van der Waals surface area contributed by atoms with Crippen LogP contribution in [0.1, 0.15) is 6.42 Å². The van der Waals surface area contributed by atoms with Crippen molar-refractivity contribution in [2.75, 3.05) is 13.2 Å². The molecule has 0 saturated carbocycles. The van der Waals surface area contributed by atoms with Gasteiger partial charge in [0.2, 0.25) is 0 Å². The van der Waals surface area contributed by atoms with Crippen molar-refractivity contribution in [1.82, 2.24) is 0 Å². The van der Waals surface area contributed by atoms with Crippen LogP contribution < -0.4 is 0 Å². The summed E-state index contributed by atoms with van der Waals surface area (Å²) in [5.41, 5.74) is 0. The molecule has 0 N–H and O–H groups in total. The summed E-state index contributed by atoms with van der Waals surface area (Å²) in [6, 6.07) is 1.67. The minimum absolute atomic E-state index is 0.159. The highest BCUT2D eigenvalue weighted by Gasteiger charge is 1.98. The smallest absolute Gasteiger partial charge is 0.320 e. The lowest BCUT2D eigenvalue weighted by Gasteiger charge is -2.00. The van der Waals surface area contributed by atoms with Gasteiger partial charge < -0.3 is 9.47 Å². The van der Waals surface area contributed by atoms with Gasteiger partial charge in [0, 0.05) is 0 Å². The topological polar surface area (TPSA) is 59.3 Å². The first kappa shape index (κ1) is 9.50. The fraction of sp³-hybridized carbons (Fsp3) is 0.429. The molecule has 0 aliphatic heterocycles. The maximum absolute atomic E-state index is 10.5. The van der Waals surface area contributed by atoms with Crippen molar-refractivity contribution in [3.8, 4) is 6.07 Å². The zero-order valence-corrected chi connectivity index (χ0v) is 6.08. The molecular formula is C7H9NO3. The van der Waals surface area contributed by atoms with E-state index >= 15 is 0 Å². The minimum atomic E-state index is -0.528. The molecule has 4 heteroatoms. The van der Waals surface area contributed by atoms with E-state index in [1.165, 1.54) is 6.26 Å². The number of rotatable bonds is 5. The van der Waals surface area contributed by atoms with Gasteiger partial charge in [-0.2, -0.15) is 5.26 Å². The molecule has 0 radical (unpaired) electrons. The van der Waals surface area contributed by atoms with Crippen LogP contribution in [0.5, 0.6) is 0 Å². The molecule has 0 fully saturated rings. The molecule has 0 heterocycles. The Labute approximate surface area is 65.0 Å². The molecule has 0 aromatic heterocycles. The van der Waals surface area contributed by atoms with Crippen molar-refractivity contribution in [2.45, 2.75) is 6.42 Å². The van der Waals surface area contributed by atoms with Gasteiger partial charge in [-0.15, -0.1) is 0 Å². The van der Waals surface area contributed by atoms with E-state index in [0.717, 1.165) is 0 Å². The number of nitrogens with zero attached hydrogens (tertiary/aromatic N) is 1. The zero-order valence-electron chi connectivity index (χ0n) is 6.08. The number of carbonyl (C=O) groups is 1. The largest absolute Gasteiger partial charge is 0.498 e. The molecule has 0 unspecified atom stereocenters. The Balaban J connectivity index is 3.18. The molecule has 11 heavy (non-hydrogen) atoms. The molecule has 0 spiro atoms. The standard InChI is InChI=1S/C7H9NO3/c1-2-10-5-6-11-7(9)3-4-8/h2H,1,3,5-6H2. The third-order valence-corrected chi connectivity index (χ3v) is 0.805. The number of ether oxygens (including phenoxy) is 2. The summed E-state index contributed by atoms with van der Waals surface area (Å²) in [5, 5.41) is 8.04. The SMILES string of the molecule is C=COCCOC(=O)CC#N. The molecule has 0 rings (SSSR count). The Bertz CT molecular complexity index is 171. The number of hydrogen-bond donors (Lipinski definition) is 0. The lowest BCUT2D eigenvalue weighted by Crippen LogP contribution is -2.08. The second-order valence-corrected chi connectivity index (χ2v) is 1.59. The monoisotopic (exact) mass is 155 g/mol. The van der Waals surface area contributed by atoms with E-state index in [4.69, 9.17) is 5.26 Å². The predicted molar refractivity (Wildman–Crippen MR) is 37.3 cm³/mol. The van der Waals surface area contributed by atoms with Gasteiger partial charge in [0.05, 0.1) is 12.3 Å². The van der Waals surface area contributed by atoms with Gasteiger partial charge in [-0.1, -0.05) is 6.58 Å². The van der Waals surface area contributed by atoms with Crippen molar-refractivity contribution in [1.29, 1.82) is 5.26 Å². The molecule has 0 aliphatic rings. The van der Waals surface area contributed by atoms with E-state index in [1.807, 2.05) is 0 Å². The second-order valence-electron chi connectivity index (χ2n) is 1.59. The predicted octanol–water partition coefficient (Wildman–Crippen LogP) is 0.603. The van der Waals surface area contributed by atoms with Gasteiger partial charge in [-0.25, -0.2) is 0 Å². The van der Waals surface area contributed by atoms with E-state index < -0.39 is 5.97 Å². The number of hydrogen-bond acceptors (Lipinski definition) is 4. The fourth-order valence-corrected chi connectivity index (χ4v) is 0.403. The maximum Gasteiger partial charge on any atom is 0.320 e. The number of esters is 1. The van der Waals surface area contributed by atoms with Crippen molar-refractivity contribution < 1.29 is 14.3 Å². The molecule has 0 aromatic rings. The van der Waals surface area contributed by atoms with Crippen LogP contribution in [0.25, 0.3) is 0 Å². The fourth-order valence-electron chi connectivity index (χ4n) is 0.403. The third kappa shape index (κ3) is 6.38. The first-order valence-corrected chi connectivity index (χ1v) is 3.06. The van der Waals surface area contributed by atoms with Gasteiger partial charge >= 0.3 is 5.97 Å². The summed E-state index contributed by atoms with van der Waals surface area (Å²) in [4.78, 5) is 10.5. The van der Waals surface area contributed by atoms with Gasteiger partial charge in [0.15, 0.2) is 0 Å². The summed E-state index contributed by atoms with van der Waals surface area (Å²) < 4.78 is 9.22. The van der Waals surface area contributed by atoms with E-state index in [2.05, 4.69) is 16.1 Å². The lowest BCUT2D eigenvalue weighted by atomic mass is 10.5. The van der Waals surface area contributed by atoms with Crippen molar-refractivity contribution in [3.05, 3.63) is 12.8 Å². The molecule has 0 atom stereocenters.